The molecule has 0 heterocycles. The maximum Gasteiger partial charge on any atom is 0.239 e. The summed E-state index contributed by atoms with van der Waals surface area (Å²) in [6, 6.07) is 10.2. The summed E-state index contributed by atoms with van der Waals surface area (Å²) in [5, 5.41) is 9.38. The Balaban J connectivity index is 0.00000312. The van der Waals surface area contributed by atoms with E-state index in [4.69, 9.17) is 0 Å². The molecule has 1 fully saturated rings. The first kappa shape index (κ1) is 21.7. The van der Waals surface area contributed by atoms with E-state index in [-0.39, 0.29) is 36.4 Å². The van der Waals surface area contributed by atoms with Gasteiger partial charge in [-0.25, -0.2) is 0 Å². The minimum Gasteiger partial charge on any atom is -0.356 e. The molecule has 1 aliphatic rings. The Bertz CT molecular complexity index is 538. The van der Waals surface area contributed by atoms with Crippen LogP contribution in [0, 0.1) is 5.41 Å². The lowest BCUT2D eigenvalue weighted by atomic mass is 9.67. The van der Waals surface area contributed by atoms with E-state index < -0.39 is 0 Å². The summed E-state index contributed by atoms with van der Waals surface area (Å²) >= 11 is 0. The van der Waals surface area contributed by atoms with Crippen LogP contribution >= 0.6 is 24.0 Å². The Kier molecular flexibility index (Phi) is 9.85. The molecule has 2 rings (SSSR count). The molecule has 1 aromatic rings. The van der Waals surface area contributed by atoms with Gasteiger partial charge in [0.15, 0.2) is 5.96 Å². The van der Waals surface area contributed by atoms with Crippen LogP contribution in [-0.2, 0) is 11.2 Å². The predicted octanol–water partition coefficient (Wildman–Crippen LogP) is 2.71. The van der Waals surface area contributed by atoms with Crippen molar-refractivity contribution in [1.82, 2.24) is 16.0 Å². The minimum atomic E-state index is -0.0114. The predicted molar refractivity (Wildman–Crippen MR) is 115 cm³/mol. The Labute approximate surface area is 168 Å². The summed E-state index contributed by atoms with van der Waals surface area (Å²) in [6.07, 6.45) is 5.93. The molecule has 0 aromatic heterocycles. The molecule has 140 valence electrons. The molecule has 0 aliphatic heterocycles. The van der Waals surface area contributed by atoms with Crippen molar-refractivity contribution < 1.29 is 4.79 Å². The molecule has 0 spiro atoms. The van der Waals surface area contributed by atoms with Crippen molar-refractivity contribution in [2.24, 2.45) is 10.4 Å². The van der Waals surface area contributed by atoms with Crippen molar-refractivity contribution in [3.8, 4) is 0 Å². The van der Waals surface area contributed by atoms with Crippen LogP contribution in [0.25, 0.3) is 0 Å². The number of amides is 1. The molecular formula is C19H31IN4O. The summed E-state index contributed by atoms with van der Waals surface area (Å²) in [5.74, 6) is 0.690. The molecule has 1 amide bonds. The fourth-order valence-corrected chi connectivity index (χ4v) is 3.04. The number of hydrogen-bond acceptors (Lipinski definition) is 2. The molecule has 5 nitrogen and oxygen atoms in total. The lowest BCUT2D eigenvalue weighted by Crippen LogP contribution is -2.48. The fourth-order valence-electron chi connectivity index (χ4n) is 3.04. The summed E-state index contributed by atoms with van der Waals surface area (Å²) < 4.78 is 0. The highest BCUT2D eigenvalue weighted by molar-refractivity contribution is 14.0. The Hall–Kier alpha value is -1.31. The molecule has 1 aromatic carbocycles. The van der Waals surface area contributed by atoms with Gasteiger partial charge in [-0.1, -0.05) is 43.7 Å². The maximum atomic E-state index is 11.9. The smallest absolute Gasteiger partial charge is 0.239 e. The second-order valence-corrected chi connectivity index (χ2v) is 6.57. The first-order chi connectivity index (χ1) is 11.7. The van der Waals surface area contributed by atoms with Crippen molar-refractivity contribution in [3.63, 3.8) is 0 Å². The first-order valence-electron chi connectivity index (χ1n) is 8.92. The number of benzene rings is 1. The van der Waals surface area contributed by atoms with Gasteiger partial charge in [0, 0.05) is 20.1 Å². The van der Waals surface area contributed by atoms with Crippen molar-refractivity contribution in [3.05, 3.63) is 35.9 Å². The third-order valence-electron chi connectivity index (χ3n) is 5.01. The molecule has 1 aliphatic carbocycles. The molecule has 0 radical (unpaired) electrons. The Morgan fingerprint density at radius 2 is 1.88 bits per heavy atom. The Morgan fingerprint density at radius 1 is 1.16 bits per heavy atom. The zero-order valence-electron chi connectivity index (χ0n) is 15.3. The highest BCUT2D eigenvalue weighted by Gasteiger charge is 2.34. The summed E-state index contributed by atoms with van der Waals surface area (Å²) in [6.45, 7) is 4.07. The van der Waals surface area contributed by atoms with Gasteiger partial charge in [0.2, 0.25) is 5.91 Å². The number of halogens is 1. The number of hydrogen-bond donors (Lipinski definition) is 3. The average Bonchev–Trinajstić information content (AvgIpc) is 2.58. The van der Waals surface area contributed by atoms with Crippen LogP contribution in [0.1, 0.15) is 38.2 Å². The van der Waals surface area contributed by atoms with Gasteiger partial charge in [-0.2, -0.15) is 0 Å². The summed E-state index contributed by atoms with van der Waals surface area (Å²) in [4.78, 5) is 16.1. The molecule has 25 heavy (non-hydrogen) atoms. The molecule has 0 bridgehead atoms. The van der Waals surface area contributed by atoms with Gasteiger partial charge in [0.25, 0.3) is 0 Å². The number of nitrogens with one attached hydrogen (secondary N) is 3. The van der Waals surface area contributed by atoms with Crippen LogP contribution in [0.5, 0.6) is 0 Å². The third-order valence-corrected chi connectivity index (χ3v) is 5.01. The van der Waals surface area contributed by atoms with E-state index in [2.05, 4.69) is 40.0 Å². The van der Waals surface area contributed by atoms with Crippen molar-refractivity contribution in [2.75, 3.05) is 26.7 Å². The normalized spacial score (nSPS) is 15.5. The zero-order chi connectivity index (χ0) is 17.3. The average molecular weight is 458 g/mol. The van der Waals surface area contributed by atoms with Crippen LogP contribution < -0.4 is 16.0 Å². The molecular weight excluding hydrogens is 427 g/mol. The van der Waals surface area contributed by atoms with E-state index in [1.54, 1.807) is 7.05 Å². The fraction of sp³-hybridized carbons (Fsp3) is 0.579. The number of carbonyl (C=O) groups is 1. The van der Waals surface area contributed by atoms with Crippen LogP contribution in [-0.4, -0.2) is 38.5 Å². The third kappa shape index (κ3) is 7.22. The summed E-state index contributed by atoms with van der Waals surface area (Å²) in [7, 11) is 1.74. The standard InChI is InChI=1S/C19H30N4O.HI/c1-3-19(11-7-12-19)15-23-18(20-2)22-14-17(24)21-13-10-16-8-5-4-6-9-16;/h4-6,8-9H,3,7,10-15H2,1-2H3,(H,21,24)(H2,20,22,23);1H. The van der Waals surface area contributed by atoms with E-state index in [1.165, 1.54) is 31.2 Å². The second kappa shape index (κ2) is 11.3. The molecule has 6 heteroatoms. The van der Waals surface area contributed by atoms with Gasteiger partial charge in [0.05, 0.1) is 6.54 Å². The highest BCUT2D eigenvalue weighted by Crippen LogP contribution is 2.42. The van der Waals surface area contributed by atoms with E-state index >= 15 is 0 Å². The van der Waals surface area contributed by atoms with Gasteiger partial charge >= 0.3 is 0 Å². The van der Waals surface area contributed by atoms with Crippen molar-refractivity contribution in [1.29, 1.82) is 0 Å². The molecule has 0 unspecified atom stereocenters. The van der Waals surface area contributed by atoms with E-state index in [1.807, 2.05) is 18.2 Å². The van der Waals surface area contributed by atoms with Crippen molar-refractivity contribution >= 4 is 35.8 Å². The van der Waals surface area contributed by atoms with Gasteiger partial charge in [0.1, 0.15) is 0 Å². The van der Waals surface area contributed by atoms with Crippen LogP contribution in [0.15, 0.2) is 35.3 Å². The molecule has 1 saturated carbocycles. The number of rotatable bonds is 8. The van der Waals surface area contributed by atoms with Crippen LogP contribution in [0.4, 0.5) is 0 Å². The van der Waals surface area contributed by atoms with Gasteiger partial charge < -0.3 is 16.0 Å². The van der Waals surface area contributed by atoms with E-state index in [9.17, 15) is 4.79 Å². The highest BCUT2D eigenvalue weighted by atomic mass is 127. The van der Waals surface area contributed by atoms with Crippen LogP contribution in [0.3, 0.4) is 0 Å². The quantitative estimate of drug-likeness (QED) is 0.319. The number of carbonyl (C=O) groups excluding carboxylic acids is 1. The largest absolute Gasteiger partial charge is 0.356 e. The maximum absolute atomic E-state index is 11.9. The lowest BCUT2D eigenvalue weighted by molar-refractivity contribution is -0.119. The monoisotopic (exact) mass is 458 g/mol. The lowest BCUT2D eigenvalue weighted by Gasteiger charge is -2.41. The van der Waals surface area contributed by atoms with Crippen LogP contribution in [0.2, 0.25) is 0 Å². The van der Waals surface area contributed by atoms with Gasteiger partial charge in [-0.05, 0) is 36.7 Å². The van der Waals surface area contributed by atoms with E-state index in [0.29, 0.717) is 17.9 Å². The first-order valence-corrected chi connectivity index (χ1v) is 8.92. The number of guanidine groups is 1. The number of nitrogens with zero attached hydrogens (tertiary/aromatic N) is 1. The molecule has 3 N–H and O–H groups in total. The molecule has 0 atom stereocenters. The summed E-state index contributed by atoms with van der Waals surface area (Å²) in [5.41, 5.74) is 1.66. The SMILES string of the molecule is CCC1(CNC(=NC)NCC(=O)NCCc2ccccc2)CCC1.I. The van der Waals surface area contributed by atoms with E-state index in [0.717, 1.165) is 13.0 Å². The van der Waals surface area contributed by atoms with Gasteiger partial charge in [-0.15, -0.1) is 24.0 Å². The number of aliphatic imine (C=N–C) groups is 1. The molecule has 0 saturated heterocycles. The zero-order valence-corrected chi connectivity index (χ0v) is 17.6. The second-order valence-electron chi connectivity index (χ2n) is 6.57. The minimum absolute atomic E-state index is 0. The van der Waals surface area contributed by atoms with Gasteiger partial charge in [-0.3, -0.25) is 9.79 Å². The Morgan fingerprint density at radius 3 is 2.44 bits per heavy atom. The van der Waals surface area contributed by atoms with Crippen molar-refractivity contribution in [2.45, 2.75) is 39.0 Å². The topological polar surface area (TPSA) is 65.5 Å².